The van der Waals surface area contributed by atoms with Crippen molar-refractivity contribution in [1.29, 1.82) is 0 Å². The van der Waals surface area contributed by atoms with Gasteiger partial charge < -0.3 is 21.1 Å². The van der Waals surface area contributed by atoms with Crippen LogP contribution in [0.5, 0.6) is 5.75 Å². The molecule has 2 amide bonds. The van der Waals surface area contributed by atoms with E-state index < -0.39 is 5.41 Å². The smallest absolute Gasteiger partial charge is 0.260 e. The van der Waals surface area contributed by atoms with Gasteiger partial charge in [0.1, 0.15) is 5.75 Å². The predicted octanol–water partition coefficient (Wildman–Crippen LogP) is 0.372. The van der Waals surface area contributed by atoms with Crippen molar-refractivity contribution in [3.8, 4) is 5.75 Å². The Labute approximate surface area is 117 Å². The van der Waals surface area contributed by atoms with Gasteiger partial charge in [-0.2, -0.15) is 0 Å². The fraction of sp³-hybridized carbons (Fsp3) is 0.429. The van der Waals surface area contributed by atoms with Crippen molar-refractivity contribution in [2.24, 2.45) is 11.1 Å². The van der Waals surface area contributed by atoms with E-state index in [9.17, 15) is 9.59 Å². The molecule has 1 aliphatic rings. The molecule has 0 radical (unpaired) electrons. The normalized spacial score (nSPS) is 21.8. The number of carbonyl (C=O) groups is 2. The van der Waals surface area contributed by atoms with Crippen molar-refractivity contribution in [1.82, 2.24) is 4.90 Å². The second-order valence-electron chi connectivity index (χ2n) is 5.32. The molecule has 2 rings (SSSR count). The number of anilines is 1. The van der Waals surface area contributed by atoms with Crippen molar-refractivity contribution in [3.05, 3.63) is 24.3 Å². The van der Waals surface area contributed by atoms with Gasteiger partial charge in [0, 0.05) is 13.1 Å². The van der Waals surface area contributed by atoms with Gasteiger partial charge in [-0.25, -0.2) is 0 Å². The van der Waals surface area contributed by atoms with Crippen molar-refractivity contribution in [2.45, 2.75) is 13.3 Å². The quantitative estimate of drug-likeness (QED) is 0.777. The van der Waals surface area contributed by atoms with Crippen molar-refractivity contribution >= 4 is 17.5 Å². The summed E-state index contributed by atoms with van der Waals surface area (Å²) in [4.78, 5) is 25.0. The van der Waals surface area contributed by atoms with Crippen LogP contribution in [0.1, 0.15) is 13.3 Å². The van der Waals surface area contributed by atoms with Gasteiger partial charge in [-0.15, -0.1) is 0 Å². The summed E-state index contributed by atoms with van der Waals surface area (Å²) in [6.07, 6.45) is 0.585. The van der Waals surface area contributed by atoms with E-state index in [1.165, 1.54) is 0 Å². The van der Waals surface area contributed by atoms with Gasteiger partial charge in [0.15, 0.2) is 6.61 Å². The molecule has 6 nitrogen and oxygen atoms in total. The number of para-hydroxylation sites is 2. The molecule has 1 aliphatic heterocycles. The number of amides is 2. The third-order valence-corrected chi connectivity index (χ3v) is 3.69. The van der Waals surface area contributed by atoms with Crippen molar-refractivity contribution in [2.75, 3.05) is 25.4 Å². The van der Waals surface area contributed by atoms with E-state index in [1.807, 2.05) is 0 Å². The number of primary amides is 1. The zero-order valence-electron chi connectivity index (χ0n) is 11.5. The van der Waals surface area contributed by atoms with Gasteiger partial charge in [-0.05, 0) is 25.5 Å². The van der Waals surface area contributed by atoms with E-state index in [2.05, 4.69) is 0 Å². The molecule has 0 aromatic heterocycles. The highest BCUT2D eigenvalue weighted by atomic mass is 16.5. The SMILES string of the molecule is CC1(C(N)=O)CCN(C(=O)COc2ccccc2N)C1. The Morgan fingerprint density at radius 1 is 1.40 bits per heavy atom. The Morgan fingerprint density at radius 3 is 2.70 bits per heavy atom. The minimum absolute atomic E-state index is 0.0942. The fourth-order valence-electron chi connectivity index (χ4n) is 2.22. The van der Waals surface area contributed by atoms with Gasteiger partial charge in [-0.3, -0.25) is 9.59 Å². The van der Waals surface area contributed by atoms with Crippen LogP contribution in [-0.2, 0) is 9.59 Å². The summed E-state index contributed by atoms with van der Waals surface area (Å²) in [5, 5.41) is 0. The molecule has 1 heterocycles. The first-order valence-corrected chi connectivity index (χ1v) is 6.47. The van der Waals surface area contributed by atoms with Crippen LogP contribution < -0.4 is 16.2 Å². The molecular weight excluding hydrogens is 258 g/mol. The highest BCUT2D eigenvalue weighted by molar-refractivity contribution is 5.84. The second kappa shape index (κ2) is 5.40. The molecule has 108 valence electrons. The molecule has 1 aromatic rings. The van der Waals surface area contributed by atoms with Crippen LogP contribution in [0.15, 0.2) is 24.3 Å². The van der Waals surface area contributed by atoms with Gasteiger partial charge in [-0.1, -0.05) is 12.1 Å². The first kappa shape index (κ1) is 14.2. The number of hydrogen-bond acceptors (Lipinski definition) is 4. The number of hydrogen-bond donors (Lipinski definition) is 2. The molecule has 0 bridgehead atoms. The number of likely N-dealkylation sites (tertiary alicyclic amines) is 1. The molecule has 0 aliphatic carbocycles. The largest absolute Gasteiger partial charge is 0.482 e. The Kier molecular flexibility index (Phi) is 3.83. The zero-order chi connectivity index (χ0) is 14.8. The topological polar surface area (TPSA) is 98.7 Å². The zero-order valence-corrected chi connectivity index (χ0v) is 11.5. The number of nitrogens with zero attached hydrogens (tertiary/aromatic N) is 1. The van der Waals surface area contributed by atoms with E-state index in [4.69, 9.17) is 16.2 Å². The van der Waals surface area contributed by atoms with Gasteiger partial charge in [0.2, 0.25) is 5.91 Å². The molecule has 20 heavy (non-hydrogen) atoms. The van der Waals surface area contributed by atoms with Gasteiger partial charge in [0.05, 0.1) is 11.1 Å². The lowest BCUT2D eigenvalue weighted by atomic mass is 9.89. The van der Waals surface area contributed by atoms with E-state index in [1.54, 1.807) is 36.1 Å². The maximum absolute atomic E-state index is 12.0. The van der Waals surface area contributed by atoms with Crippen LogP contribution >= 0.6 is 0 Å². The van der Waals surface area contributed by atoms with E-state index in [0.717, 1.165) is 0 Å². The Bertz CT molecular complexity index is 532. The predicted molar refractivity (Wildman–Crippen MR) is 74.8 cm³/mol. The van der Waals surface area contributed by atoms with E-state index in [0.29, 0.717) is 30.9 Å². The summed E-state index contributed by atoms with van der Waals surface area (Å²) < 4.78 is 5.41. The Morgan fingerprint density at radius 2 is 2.10 bits per heavy atom. The number of rotatable bonds is 4. The summed E-state index contributed by atoms with van der Waals surface area (Å²) in [7, 11) is 0. The highest BCUT2D eigenvalue weighted by Gasteiger charge is 2.40. The maximum atomic E-state index is 12.0. The lowest BCUT2D eigenvalue weighted by Crippen LogP contribution is -2.40. The third kappa shape index (κ3) is 2.84. The monoisotopic (exact) mass is 277 g/mol. The van der Waals surface area contributed by atoms with E-state index in [-0.39, 0.29) is 18.4 Å². The molecule has 1 unspecified atom stereocenters. The van der Waals surface area contributed by atoms with Crippen LogP contribution in [0.4, 0.5) is 5.69 Å². The molecule has 0 saturated carbocycles. The van der Waals surface area contributed by atoms with Crippen molar-refractivity contribution < 1.29 is 14.3 Å². The number of benzene rings is 1. The fourth-order valence-corrected chi connectivity index (χ4v) is 2.22. The number of nitrogens with two attached hydrogens (primary N) is 2. The molecule has 6 heteroatoms. The number of ether oxygens (including phenoxy) is 1. The average molecular weight is 277 g/mol. The summed E-state index contributed by atoms with van der Waals surface area (Å²) in [5.74, 6) is -0.0584. The molecule has 1 atom stereocenters. The maximum Gasteiger partial charge on any atom is 0.260 e. The highest BCUT2D eigenvalue weighted by Crippen LogP contribution is 2.29. The average Bonchev–Trinajstić information content (AvgIpc) is 2.82. The summed E-state index contributed by atoms with van der Waals surface area (Å²) in [6.45, 7) is 2.54. The number of nitrogen functional groups attached to an aromatic ring is 1. The number of carbonyl (C=O) groups excluding carboxylic acids is 2. The Balaban J connectivity index is 1.91. The molecule has 0 spiro atoms. The van der Waals surface area contributed by atoms with Gasteiger partial charge in [0.25, 0.3) is 5.91 Å². The molecule has 1 aromatic carbocycles. The summed E-state index contributed by atoms with van der Waals surface area (Å²) >= 11 is 0. The van der Waals surface area contributed by atoms with Crippen LogP contribution in [0.25, 0.3) is 0 Å². The molecule has 1 fully saturated rings. The lowest BCUT2D eigenvalue weighted by Gasteiger charge is -2.21. The third-order valence-electron chi connectivity index (χ3n) is 3.69. The van der Waals surface area contributed by atoms with E-state index >= 15 is 0 Å². The minimum Gasteiger partial charge on any atom is -0.482 e. The lowest BCUT2D eigenvalue weighted by molar-refractivity contribution is -0.133. The standard InChI is InChI=1S/C14H19N3O3/c1-14(13(16)19)6-7-17(9-14)12(18)8-20-11-5-3-2-4-10(11)15/h2-5H,6-9,15H2,1H3,(H2,16,19). The molecular formula is C14H19N3O3. The van der Waals surface area contributed by atoms with Gasteiger partial charge >= 0.3 is 0 Å². The molecule has 1 saturated heterocycles. The van der Waals surface area contributed by atoms with Crippen LogP contribution in [-0.4, -0.2) is 36.4 Å². The Hall–Kier alpha value is -2.24. The summed E-state index contributed by atoms with van der Waals surface area (Å²) in [5.41, 5.74) is 10.9. The first-order chi connectivity index (χ1) is 9.42. The minimum atomic E-state index is -0.637. The van der Waals surface area contributed by atoms with Crippen LogP contribution in [0.2, 0.25) is 0 Å². The summed E-state index contributed by atoms with van der Waals surface area (Å²) in [6, 6.07) is 7.00. The first-order valence-electron chi connectivity index (χ1n) is 6.47. The molecule has 4 N–H and O–H groups in total. The van der Waals surface area contributed by atoms with Crippen LogP contribution in [0, 0.1) is 5.41 Å². The van der Waals surface area contributed by atoms with Crippen LogP contribution in [0.3, 0.4) is 0 Å². The second-order valence-corrected chi connectivity index (χ2v) is 5.32. The van der Waals surface area contributed by atoms with Crippen molar-refractivity contribution in [3.63, 3.8) is 0 Å².